The van der Waals surface area contributed by atoms with Gasteiger partial charge >= 0.3 is 0 Å². The highest BCUT2D eigenvalue weighted by Gasteiger charge is 2.06. The lowest BCUT2D eigenvalue weighted by atomic mass is 10.0. The van der Waals surface area contributed by atoms with Crippen LogP contribution in [0.1, 0.15) is 36.6 Å². The van der Waals surface area contributed by atoms with Crippen molar-refractivity contribution in [1.82, 2.24) is 5.32 Å². The minimum absolute atomic E-state index is 0.318. The first kappa shape index (κ1) is 11.9. The van der Waals surface area contributed by atoms with Crippen molar-refractivity contribution in [2.75, 3.05) is 0 Å². The van der Waals surface area contributed by atoms with Crippen molar-refractivity contribution in [2.24, 2.45) is 0 Å². The molecule has 90 valence electrons. The number of rotatable bonds is 5. The van der Waals surface area contributed by atoms with Gasteiger partial charge in [-0.1, -0.05) is 31.2 Å². The number of aryl methyl sites for hydroxylation is 1. The Bertz CT molecular complexity index is 448. The summed E-state index contributed by atoms with van der Waals surface area (Å²) in [7, 11) is 0. The van der Waals surface area contributed by atoms with E-state index in [2.05, 4.69) is 43.4 Å². The van der Waals surface area contributed by atoms with E-state index in [1.165, 1.54) is 16.7 Å². The molecule has 0 aliphatic rings. The number of benzene rings is 1. The third-order valence-electron chi connectivity index (χ3n) is 3.14. The van der Waals surface area contributed by atoms with E-state index in [1.807, 2.05) is 6.07 Å². The Labute approximate surface area is 103 Å². The first-order chi connectivity index (χ1) is 8.31. The smallest absolute Gasteiger partial charge is 0.0950 e. The zero-order chi connectivity index (χ0) is 12.1. The highest BCUT2D eigenvalue weighted by Crippen LogP contribution is 2.15. The molecular formula is C15H19NO. The van der Waals surface area contributed by atoms with E-state index < -0.39 is 0 Å². The summed E-state index contributed by atoms with van der Waals surface area (Å²) in [4.78, 5) is 0. The van der Waals surface area contributed by atoms with Crippen LogP contribution in [0, 0.1) is 0 Å². The largest absolute Gasteiger partial charge is 0.472 e. The lowest BCUT2D eigenvalue weighted by Gasteiger charge is -2.14. The van der Waals surface area contributed by atoms with Crippen molar-refractivity contribution in [1.29, 1.82) is 0 Å². The lowest BCUT2D eigenvalue weighted by Crippen LogP contribution is -2.18. The van der Waals surface area contributed by atoms with E-state index in [0.29, 0.717) is 6.04 Å². The van der Waals surface area contributed by atoms with Gasteiger partial charge in [-0.15, -0.1) is 0 Å². The van der Waals surface area contributed by atoms with Crippen LogP contribution in [0.4, 0.5) is 0 Å². The molecule has 0 fully saturated rings. The predicted molar refractivity (Wildman–Crippen MR) is 69.8 cm³/mol. The third kappa shape index (κ3) is 2.98. The normalized spacial score (nSPS) is 12.6. The maximum atomic E-state index is 5.09. The second kappa shape index (κ2) is 5.69. The van der Waals surface area contributed by atoms with Crippen LogP contribution in [0.25, 0.3) is 0 Å². The molecule has 1 atom stereocenters. The van der Waals surface area contributed by atoms with Crippen LogP contribution >= 0.6 is 0 Å². The average molecular weight is 229 g/mol. The minimum atomic E-state index is 0.318. The summed E-state index contributed by atoms with van der Waals surface area (Å²) in [5.74, 6) is 0. The standard InChI is InChI=1S/C15H19NO/c1-3-13-6-4-5-7-14(13)10-16-12(2)15-8-9-17-11-15/h4-9,11-12,16H,3,10H2,1-2H3. The lowest BCUT2D eigenvalue weighted by molar-refractivity contribution is 0.537. The van der Waals surface area contributed by atoms with Gasteiger partial charge in [0.15, 0.2) is 0 Å². The van der Waals surface area contributed by atoms with Gasteiger partial charge in [0.25, 0.3) is 0 Å². The van der Waals surface area contributed by atoms with Gasteiger partial charge in [0.1, 0.15) is 0 Å². The Morgan fingerprint density at radius 3 is 2.59 bits per heavy atom. The van der Waals surface area contributed by atoms with Crippen molar-refractivity contribution < 1.29 is 4.42 Å². The van der Waals surface area contributed by atoms with E-state index in [1.54, 1.807) is 12.5 Å². The van der Waals surface area contributed by atoms with Crippen LogP contribution in [-0.4, -0.2) is 0 Å². The summed E-state index contributed by atoms with van der Waals surface area (Å²) >= 11 is 0. The second-order valence-electron chi connectivity index (χ2n) is 4.28. The zero-order valence-electron chi connectivity index (χ0n) is 10.4. The summed E-state index contributed by atoms with van der Waals surface area (Å²) in [6.07, 6.45) is 4.59. The van der Waals surface area contributed by atoms with Gasteiger partial charge in [0, 0.05) is 18.2 Å². The molecule has 0 radical (unpaired) electrons. The maximum Gasteiger partial charge on any atom is 0.0950 e. The Kier molecular flexibility index (Phi) is 3.99. The van der Waals surface area contributed by atoms with Crippen LogP contribution in [0.2, 0.25) is 0 Å². The van der Waals surface area contributed by atoms with Gasteiger partial charge in [0.05, 0.1) is 12.5 Å². The maximum absolute atomic E-state index is 5.09. The quantitative estimate of drug-likeness (QED) is 0.845. The molecule has 0 bridgehead atoms. The molecule has 0 spiro atoms. The molecule has 0 saturated carbocycles. The van der Waals surface area contributed by atoms with E-state index >= 15 is 0 Å². The van der Waals surface area contributed by atoms with Crippen molar-refractivity contribution >= 4 is 0 Å². The fraction of sp³-hybridized carbons (Fsp3) is 0.333. The zero-order valence-corrected chi connectivity index (χ0v) is 10.4. The Morgan fingerprint density at radius 1 is 1.18 bits per heavy atom. The molecule has 0 amide bonds. The molecule has 1 heterocycles. The van der Waals surface area contributed by atoms with Crippen LogP contribution in [0.5, 0.6) is 0 Å². The SMILES string of the molecule is CCc1ccccc1CNC(C)c1ccoc1. The molecule has 0 saturated heterocycles. The topological polar surface area (TPSA) is 25.2 Å². The van der Waals surface area contributed by atoms with Crippen molar-refractivity contribution in [3.05, 3.63) is 59.5 Å². The number of nitrogens with one attached hydrogen (secondary N) is 1. The molecule has 1 unspecified atom stereocenters. The van der Waals surface area contributed by atoms with Gasteiger partial charge in [-0.2, -0.15) is 0 Å². The van der Waals surface area contributed by atoms with Crippen molar-refractivity contribution in [2.45, 2.75) is 32.9 Å². The van der Waals surface area contributed by atoms with Crippen molar-refractivity contribution in [3.8, 4) is 0 Å². The Morgan fingerprint density at radius 2 is 1.94 bits per heavy atom. The third-order valence-corrected chi connectivity index (χ3v) is 3.14. The molecule has 0 aliphatic carbocycles. The molecular weight excluding hydrogens is 210 g/mol. The Balaban J connectivity index is 1.98. The molecule has 2 rings (SSSR count). The highest BCUT2D eigenvalue weighted by molar-refractivity contribution is 5.27. The predicted octanol–water partition coefficient (Wildman–Crippen LogP) is 3.69. The Hall–Kier alpha value is -1.54. The van der Waals surface area contributed by atoms with Gasteiger partial charge in [0.2, 0.25) is 0 Å². The summed E-state index contributed by atoms with van der Waals surface area (Å²) in [5.41, 5.74) is 3.99. The first-order valence-electron chi connectivity index (χ1n) is 6.13. The van der Waals surface area contributed by atoms with E-state index in [4.69, 9.17) is 4.42 Å². The summed E-state index contributed by atoms with van der Waals surface area (Å²) in [6.45, 7) is 5.24. The summed E-state index contributed by atoms with van der Waals surface area (Å²) < 4.78 is 5.09. The number of hydrogen-bond donors (Lipinski definition) is 1. The molecule has 0 aliphatic heterocycles. The fourth-order valence-electron chi connectivity index (χ4n) is 1.98. The van der Waals surface area contributed by atoms with Gasteiger partial charge in [-0.25, -0.2) is 0 Å². The number of hydrogen-bond acceptors (Lipinski definition) is 2. The minimum Gasteiger partial charge on any atom is -0.472 e. The second-order valence-corrected chi connectivity index (χ2v) is 4.28. The monoisotopic (exact) mass is 229 g/mol. The van der Waals surface area contributed by atoms with Gasteiger partial charge < -0.3 is 9.73 Å². The van der Waals surface area contributed by atoms with Crippen molar-refractivity contribution in [3.63, 3.8) is 0 Å². The van der Waals surface area contributed by atoms with E-state index in [0.717, 1.165) is 13.0 Å². The molecule has 1 aromatic heterocycles. The highest BCUT2D eigenvalue weighted by atomic mass is 16.3. The molecule has 2 heteroatoms. The van der Waals surface area contributed by atoms with Crippen LogP contribution in [0.15, 0.2) is 47.3 Å². The van der Waals surface area contributed by atoms with Crippen LogP contribution < -0.4 is 5.32 Å². The molecule has 2 nitrogen and oxygen atoms in total. The molecule has 17 heavy (non-hydrogen) atoms. The van der Waals surface area contributed by atoms with Crippen LogP contribution in [-0.2, 0) is 13.0 Å². The molecule has 1 aromatic carbocycles. The van der Waals surface area contributed by atoms with Gasteiger partial charge in [-0.3, -0.25) is 0 Å². The van der Waals surface area contributed by atoms with Crippen LogP contribution in [0.3, 0.4) is 0 Å². The fourth-order valence-corrected chi connectivity index (χ4v) is 1.98. The summed E-state index contributed by atoms with van der Waals surface area (Å²) in [5, 5.41) is 3.52. The summed E-state index contributed by atoms with van der Waals surface area (Å²) in [6, 6.07) is 10.9. The van der Waals surface area contributed by atoms with Gasteiger partial charge in [-0.05, 0) is 30.5 Å². The average Bonchev–Trinajstić information content (AvgIpc) is 2.90. The first-order valence-corrected chi connectivity index (χ1v) is 6.13. The van der Waals surface area contributed by atoms with E-state index in [-0.39, 0.29) is 0 Å². The molecule has 2 aromatic rings. The molecule has 1 N–H and O–H groups in total. The number of furan rings is 1. The van der Waals surface area contributed by atoms with E-state index in [9.17, 15) is 0 Å².